The van der Waals surface area contributed by atoms with Gasteiger partial charge in [0, 0.05) is 12.3 Å². The number of carbonyl (C=O) groups is 1. The Balaban J connectivity index is 2.45. The summed E-state index contributed by atoms with van der Waals surface area (Å²) in [7, 11) is 0. The van der Waals surface area contributed by atoms with E-state index in [0.717, 1.165) is 5.69 Å². The number of carboxylic acid groups (broad SMARTS) is 1. The van der Waals surface area contributed by atoms with E-state index in [2.05, 4.69) is 10.1 Å². The highest BCUT2D eigenvalue weighted by molar-refractivity contribution is 5.88. The molecular formula is C10H8N2O3. The van der Waals surface area contributed by atoms with Crippen LogP contribution >= 0.6 is 0 Å². The van der Waals surface area contributed by atoms with Gasteiger partial charge in [-0.3, -0.25) is 4.98 Å². The maximum atomic E-state index is 10.7. The molecular weight excluding hydrogens is 196 g/mol. The van der Waals surface area contributed by atoms with Gasteiger partial charge >= 0.3 is 5.97 Å². The Labute approximate surface area is 85.4 Å². The van der Waals surface area contributed by atoms with Crippen LogP contribution in [0.2, 0.25) is 0 Å². The van der Waals surface area contributed by atoms with Crippen LogP contribution in [0.3, 0.4) is 0 Å². The molecule has 0 saturated carbocycles. The van der Waals surface area contributed by atoms with E-state index in [4.69, 9.17) is 9.63 Å². The average Bonchev–Trinajstić information content (AvgIpc) is 2.65. The molecule has 2 heterocycles. The molecule has 0 atom stereocenters. The molecule has 1 N–H and O–H groups in total. The topological polar surface area (TPSA) is 76.2 Å². The van der Waals surface area contributed by atoms with Crippen LogP contribution in [0.1, 0.15) is 16.1 Å². The zero-order valence-corrected chi connectivity index (χ0v) is 7.97. The third-order valence-corrected chi connectivity index (χ3v) is 1.89. The minimum atomic E-state index is -0.991. The number of pyridine rings is 1. The van der Waals surface area contributed by atoms with Crippen molar-refractivity contribution >= 4 is 5.97 Å². The fraction of sp³-hybridized carbons (Fsp3) is 0.100. The second kappa shape index (κ2) is 3.53. The third kappa shape index (κ3) is 1.85. The number of aromatic carboxylic acids is 1. The zero-order valence-electron chi connectivity index (χ0n) is 7.97. The number of hydrogen-bond donors (Lipinski definition) is 1. The number of rotatable bonds is 2. The molecule has 15 heavy (non-hydrogen) atoms. The molecule has 0 bridgehead atoms. The molecule has 0 radical (unpaired) electrons. The highest BCUT2D eigenvalue weighted by Crippen LogP contribution is 2.18. The SMILES string of the molecule is Cc1cc(-c2cc(C(=O)O)ccn2)on1. The lowest BCUT2D eigenvalue weighted by Crippen LogP contribution is -1.96. The van der Waals surface area contributed by atoms with Gasteiger partial charge < -0.3 is 9.63 Å². The lowest BCUT2D eigenvalue weighted by Gasteiger charge is -1.96. The van der Waals surface area contributed by atoms with E-state index in [1.165, 1.54) is 18.3 Å². The van der Waals surface area contributed by atoms with Gasteiger partial charge in [-0.15, -0.1) is 0 Å². The molecule has 0 aliphatic rings. The first-order chi connectivity index (χ1) is 7.16. The van der Waals surface area contributed by atoms with Gasteiger partial charge in [0.15, 0.2) is 5.76 Å². The average molecular weight is 204 g/mol. The van der Waals surface area contributed by atoms with Crippen LogP contribution in [0.15, 0.2) is 28.9 Å². The van der Waals surface area contributed by atoms with E-state index in [1.54, 1.807) is 13.0 Å². The van der Waals surface area contributed by atoms with E-state index in [1.807, 2.05) is 0 Å². The van der Waals surface area contributed by atoms with Crippen molar-refractivity contribution < 1.29 is 14.4 Å². The molecule has 0 aliphatic heterocycles. The smallest absolute Gasteiger partial charge is 0.335 e. The Morgan fingerprint density at radius 1 is 1.47 bits per heavy atom. The lowest BCUT2D eigenvalue weighted by molar-refractivity contribution is 0.0697. The minimum absolute atomic E-state index is 0.175. The second-order valence-electron chi connectivity index (χ2n) is 3.07. The summed E-state index contributed by atoms with van der Waals surface area (Å²) in [5.74, 6) is -0.523. The van der Waals surface area contributed by atoms with Crippen molar-refractivity contribution in [3.05, 3.63) is 35.7 Å². The minimum Gasteiger partial charge on any atom is -0.478 e. The van der Waals surface area contributed by atoms with Crippen LogP contribution in [-0.4, -0.2) is 21.2 Å². The molecule has 5 nitrogen and oxygen atoms in total. The van der Waals surface area contributed by atoms with Gasteiger partial charge in [-0.1, -0.05) is 5.16 Å². The van der Waals surface area contributed by atoms with Gasteiger partial charge in [0.2, 0.25) is 0 Å². The summed E-state index contributed by atoms with van der Waals surface area (Å²) in [6.45, 7) is 1.79. The molecule has 2 aromatic heterocycles. The van der Waals surface area contributed by atoms with Crippen LogP contribution in [0.5, 0.6) is 0 Å². The number of aromatic nitrogens is 2. The van der Waals surface area contributed by atoms with Crippen molar-refractivity contribution in [2.24, 2.45) is 0 Å². The van der Waals surface area contributed by atoms with Crippen molar-refractivity contribution in [3.8, 4) is 11.5 Å². The Morgan fingerprint density at radius 2 is 2.27 bits per heavy atom. The van der Waals surface area contributed by atoms with E-state index >= 15 is 0 Å². The molecule has 0 saturated heterocycles. The van der Waals surface area contributed by atoms with Crippen LogP contribution in [0.4, 0.5) is 0 Å². The van der Waals surface area contributed by atoms with Crippen molar-refractivity contribution in [3.63, 3.8) is 0 Å². The third-order valence-electron chi connectivity index (χ3n) is 1.89. The van der Waals surface area contributed by atoms with Gasteiger partial charge in [0.05, 0.1) is 11.3 Å². The first-order valence-electron chi connectivity index (χ1n) is 4.30. The normalized spacial score (nSPS) is 10.2. The summed E-state index contributed by atoms with van der Waals surface area (Å²) in [5, 5.41) is 12.5. The maximum Gasteiger partial charge on any atom is 0.335 e. The van der Waals surface area contributed by atoms with Crippen molar-refractivity contribution in [2.75, 3.05) is 0 Å². The fourth-order valence-electron chi connectivity index (χ4n) is 1.18. The van der Waals surface area contributed by atoms with Gasteiger partial charge in [-0.2, -0.15) is 0 Å². The standard InChI is InChI=1S/C10H8N2O3/c1-6-4-9(15-12-6)8-5-7(10(13)14)2-3-11-8/h2-5H,1H3,(H,13,14). The zero-order chi connectivity index (χ0) is 10.8. The molecule has 0 amide bonds. The van der Waals surface area contributed by atoms with Gasteiger partial charge in [-0.25, -0.2) is 4.79 Å². The van der Waals surface area contributed by atoms with Crippen LogP contribution in [-0.2, 0) is 0 Å². The van der Waals surface area contributed by atoms with Gasteiger partial charge in [0.25, 0.3) is 0 Å². The first-order valence-corrected chi connectivity index (χ1v) is 4.30. The highest BCUT2D eigenvalue weighted by Gasteiger charge is 2.09. The lowest BCUT2D eigenvalue weighted by atomic mass is 10.2. The van der Waals surface area contributed by atoms with E-state index in [9.17, 15) is 4.79 Å². The number of carboxylic acids is 1. The second-order valence-corrected chi connectivity index (χ2v) is 3.07. The summed E-state index contributed by atoms with van der Waals surface area (Å²) >= 11 is 0. The molecule has 0 aromatic carbocycles. The molecule has 2 rings (SSSR count). The van der Waals surface area contributed by atoms with E-state index in [0.29, 0.717) is 11.5 Å². The van der Waals surface area contributed by atoms with Crippen LogP contribution in [0, 0.1) is 6.92 Å². The first kappa shape index (κ1) is 9.39. The molecule has 0 aliphatic carbocycles. The molecule has 0 spiro atoms. The Bertz CT molecular complexity index is 505. The van der Waals surface area contributed by atoms with Gasteiger partial charge in [-0.05, 0) is 19.1 Å². The Hall–Kier alpha value is -2.17. The molecule has 0 fully saturated rings. The Morgan fingerprint density at radius 3 is 2.87 bits per heavy atom. The fourth-order valence-corrected chi connectivity index (χ4v) is 1.18. The van der Waals surface area contributed by atoms with Crippen LogP contribution in [0.25, 0.3) is 11.5 Å². The summed E-state index contributed by atoms with van der Waals surface area (Å²) < 4.78 is 4.98. The largest absolute Gasteiger partial charge is 0.478 e. The molecule has 0 unspecified atom stereocenters. The summed E-state index contributed by atoms with van der Waals surface area (Å²) in [6.07, 6.45) is 1.43. The molecule has 76 valence electrons. The maximum absolute atomic E-state index is 10.7. The number of aryl methyl sites for hydroxylation is 1. The molecule has 2 aromatic rings. The van der Waals surface area contributed by atoms with Crippen molar-refractivity contribution in [1.82, 2.24) is 10.1 Å². The highest BCUT2D eigenvalue weighted by atomic mass is 16.5. The summed E-state index contributed by atoms with van der Waals surface area (Å²) in [5.41, 5.74) is 1.37. The van der Waals surface area contributed by atoms with E-state index < -0.39 is 5.97 Å². The van der Waals surface area contributed by atoms with Crippen LogP contribution < -0.4 is 0 Å². The van der Waals surface area contributed by atoms with Crippen molar-refractivity contribution in [1.29, 1.82) is 0 Å². The summed E-state index contributed by atoms with van der Waals surface area (Å²) in [6, 6.07) is 4.57. The number of nitrogens with zero attached hydrogens (tertiary/aromatic N) is 2. The Kier molecular flexibility index (Phi) is 2.21. The van der Waals surface area contributed by atoms with E-state index in [-0.39, 0.29) is 5.56 Å². The predicted molar refractivity (Wildman–Crippen MR) is 51.4 cm³/mol. The van der Waals surface area contributed by atoms with Gasteiger partial charge in [0.1, 0.15) is 5.69 Å². The molecule has 5 heteroatoms. The number of hydrogen-bond acceptors (Lipinski definition) is 4. The summed E-state index contributed by atoms with van der Waals surface area (Å²) in [4.78, 5) is 14.7. The monoisotopic (exact) mass is 204 g/mol. The quantitative estimate of drug-likeness (QED) is 0.806. The predicted octanol–water partition coefficient (Wildman–Crippen LogP) is 1.74. The van der Waals surface area contributed by atoms with Crippen molar-refractivity contribution in [2.45, 2.75) is 6.92 Å².